The molecule has 4 heterocycles. The molecule has 2 N–H and O–H groups in total. The second kappa shape index (κ2) is 7.92. The normalized spacial score (nSPS) is 16.9. The maximum Gasteiger partial charge on any atom is 0.245 e. The molecule has 5 rings (SSSR count). The van der Waals surface area contributed by atoms with Crippen LogP contribution in [0.25, 0.3) is 28.2 Å². The van der Waals surface area contributed by atoms with Crippen molar-refractivity contribution in [3.05, 3.63) is 48.9 Å². The van der Waals surface area contributed by atoms with Crippen LogP contribution in [0.4, 0.5) is 5.95 Å². The highest BCUT2D eigenvalue weighted by Gasteiger charge is 2.23. The number of aromatic hydroxyl groups is 1. The number of phenols is 1. The van der Waals surface area contributed by atoms with E-state index in [1.165, 1.54) is 0 Å². The van der Waals surface area contributed by atoms with Crippen molar-refractivity contribution in [3.63, 3.8) is 0 Å². The smallest absolute Gasteiger partial charge is 0.245 e. The minimum Gasteiger partial charge on any atom is -0.507 e. The van der Waals surface area contributed by atoms with Gasteiger partial charge in [-0.05, 0) is 30.2 Å². The van der Waals surface area contributed by atoms with Crippen LogP contribution >= 0.6 is 0 Å². The molecule has 1 aliphatic rings. The van der Waals surface area contributed by atoms with Gasteiger partial charge in [-0.1, -0.05) is 19.9 Å². The number of aromatic nitrogens is 6. The van der Waals surface area contributed by atoms with Crippen molar-refractivity contribution < 1.29 is 5.11 Å². The van der Waals surface area contributed by atoms with Gasteiger partial charge in [0.25, 0.3) is 0 Å². The molecule has 0 bridgehead atoms. The third-order valence-corrected chi connectivity index (χ3v) is 5.67. The number of anilines is 1. The largest absolute Gasteiger partial charge is 0.507 e. The molecule has 9 nitrogen and oxygen atoms in total. The number of fused-ring (bicyclic) bond motifs is 1. The van der Waals surface area contributed by atoms with Crippen LogP contribution in [0.5, 0.6) is 5.75 Å². The third-order valence-electron chi connectivity index (χ3n) is 5.67. The van der Waals surface area contributed by atoms with Gasteiger partial charge < -0.3 is 15.3 Å². The molecule has 1 fully saturated rings. The Morgan fingerprint density at radius 1 is 1.10 bits per heavy atom. The number of benzene rings is 1. The van der Waals surface area contributed by atoms with Crippen molar-refractivity contribution in [2.75, 3.05) is 24.5 Å². The van der Waals surface area contributed by atoms with E-state index in [9.17, 15) is 5.11 Å². The van der Waals surface area contributed by atoms with Gasteiger partial charge in [-0.15, -0.1) is 10.2 Å². The summed E-state index contributed by atoms with van der Waals surface area (Å²) >= 11 is 0. The van der Waals surface area contributed by atoms with E-state index < -0.39 is 0 Å². The lowest BCUT2D eigenvalue weighted by atomic mass is 10.0. The molecule has 0 spiro atoms. The summed E-state index contributed by atoms with van der Waals surface area (Å²) in [6.07, 6.45) is 5.16. The van der Waals surface area contributed by atoms with Crippen molar-refractivity contribution in [3.8, 4) is 28.3 Å². The summed E-state index contributed by atoms with van der Waals surface area (Å²) in [6.45, 7) is 7.01. The lowest BCUT2D eigenvalue weighted by molar-refractivity contribution is 0.365. The molecule has 0 amide bonds. The van der Waals surface area contributed by atoms with Crippen molar-refractivity contribution in [1.29, 1.82) is 0 Å². The molecule has 0 unspecified atom stereocenters. The molecule has 0 aliphatic carbocycles. The fourth-order valence-corrected chi connectivity index (χ4v) is 3.82. The van der Waals surface area contributed by atoms with E-state index >= 15 is 0 Å². The zero-order valence-corrected chi connectivity index (χ0v) is 17.5. The Kier molecular flexibility index (Phi) is 4.95. The Morgan fingerprint density at radius 2 is 2.00 bits per heavy atom. The zero-order chi connectivity index (χ0) is 21.4. The van der Waals surface area contributed by atoms with E-state index in [0.717, 1.165) is 36.5 Å². The van der Waals surface area contributed by atoms with Crippen molar-refractivity contribution in [2.24, 2.45) is 5.92 Å². The molecule has 1 aliphatic heterocycles. The lowest BCUT2D eigenvalue weighted by Crippen LogP contribution is -2.53. The summed E-state index contributed by atoms with van der Waals surface area (Å²) < 4.78 is 1.70. The zero-order valence-electron chi connectivity index (χ0n) is 17.5. The first-order chi connectivity index (χ1) is 15.1. The topological polar surface area (TPSA) is 104 Å². The highest BCUT2D eigenvalue weighted by Crippen LogP contribution is 2.31. The van der Waals surface area contributed by atoms with Gasteiger partial charge in [0.1, 0.15) is 11.4 Å². The van der Waals surface area contributed by atoms with Crippen LogP contribution in [-0.2, 0) is 0 Å². The molecule has 1 saturated heterocycles. The Hall–Kier alpha value is -3.59. The molecule has 31 heavy (non-hydrogen) atoms. The van der Waals surface area contributed by atoms with Crippen LogP contribution in [0.3, 0.4) is 0 Å². The number of hydrogen-bond acceptors (Lipinski definition) is 8. The molecule has 0 radical (unpaired) electrons. The average Bonchev–Trinajstić information content (AvgIpc) is 3.27. The number of phenolic OH excluding ortho intramolecular Hbond substituents is 1. The number of imidazole rings is 1. The van der Waals surface area contributed by atoms with Gasteiger partial charge in [-0.3, -0.25) is 0 Å². The third kappa shape index (κ3) is 3.79. The standard InChI is InChI=1S/C22H24N8O/c1-14(2)19-13-29(9-7-23-19)22-25-12-18(26-27-22)16-4-3-15(11-20(16)31)17-5-6-21-24-8-10-30(21)28-17/h3-6,8,10-12,14,19,23,31H,7,9,13H2,1-2H3/t19-/m1/s1. The lowest BCUT2D eigenvalue weighted by Gasteiger charge is -2.35. The molecule has 9 heteroatoms. The average molecular weight is 416 g/mol. The Labute approximate surface area is 179 Å². The minimum atomic E-state index is 0.107. The molecular formula is C22H24N8O. The van der Waals surface area contributed by atoms with Crippen LogP contribution in [0.1, 0.15) is 13.8 Å². The van der Waals surface area contributed by atoms with Crippen LogP contribution in [0, 0.1) is 5.92 Å². The van der Waals surface area contributed by atoms with Crippen LogP contribution in [0.15, 0.2) is 48.9 Å². The van der Waals surface area contributed by atoms with E-state index in [1.807, 2.05) is 24.3 Å². The molecule has 3 aromatic heterocycles. The number of rotatable bonds is 4. The van der Waals surface area contributed by atoms with Gasteiger partial charge in [0.2, 0.25) is 5.95 Å². The number of nitrogens with one attached hydrogen (secondary N) is 1. The van der Waals surface area contributed by atoms with Crippen molar-refractivity contribution >= 4 is 11.6 Å². The minimum absolute atomic E-state index is 0.107. The van der Waals surface area contributed by atoms with E-state index in [4.69, 9.17) is 0 Å². The first kappa shape index (κ1) is 19.4. The van der Waals surface area contributed by atoms with Gasteiger partial charge in [-0.25, -0.2) is 14.5 Å². The van der Waals surface area contributed by atoms with E-state index in [-0.39, 0.29) is 5.75 Å². The monoisotopic (exact) mass is 416 g/mol. The molecule has 158 valence electrons. The summed E-state index contributed by atoms with van der Waals surface area (Å²) in [5.41, 5.74) is 3.43. The van der Waals surface area contributed by atoms with Crippen molar-refractivity contribution in [1.82, 2.24) is 35.1 Å². The SMILES string of the molecule is CC(C)[C@H]1CN(c2ncc(-c3ccc(-c4ccc5nccn5n4)cc3O)nn2)CCN1. The molecule has 0 saturated carbocycles. The quantitative estimate of drug-likeness (QED) is 0.523. The van der Waals surface area contributed by atoms with E-state index in [0.29, 0.717) is 29.2 Å². The summed E-state index contributed by atoms with van der Waals surface area (Å²) in [4.78, 5) is 10.9. The summed E-state index contributed by atoms with van der Waals surface area (Å²) in [6, 6.07) is 9.57. The number of piperazine rings is 1. The second-order valence-electron chi connectivity index (χ2n) is 8.07. The molecule has 1 aromatic carbocycles. The fraction of sp³-hybridized carbons (Fsp3) is 0.318. The van der Waals surface area contributed by atoms with Gasteiger partial charge in [-0.2, -0.15) is 5.10 Å². The van der Waals surface area contributed by atoms with Gasteiger partial charge >= 0.3 is 0 Å². The second-order valence-corrected chi connectivity index (χ2v) is 8.07. The van der Waals surface area contributed by atoms with Gasteiger partial charge in [0, 0.05) is 49.2 Å². The summed E-state index contributed by atoms with van der Waals surface area (Å²) in [5.74, 6) is 1.26. The Bertz CT molecular complexity index is 1200. The maximum atomic E-state index is 10.6. The Balaban J connectivity index is 1.37. The highest BCUT2D eigenvalue weighted by molar-refractivity contribution is 5.72. The molecular weight excluding hydrogens is 392 g/mol. The first-order valence-corrected chi connectivity index (χ1v) is 10.4. The number of nitrogens with zero attached hydrogens (tertiary/aromatic N) is 7. The Morgan fingerprint density at radius 3 is 2.77 bits per heavy atom. The van der Waals surface area contributed by atoms with Gasteiger partial charge in [0.15, 0.2) is 5.65 Å². The predicted molar refractivity (Wildman–Crippen MR) is 118 cm³/mol. The first-order valence-electron chi connectivity index (χ1n) is 10.4. The maximum absolute atomic E-state index is 10.6. The van der Waals surface area contributed by atoms with Crippen LogP contribution in [-0.4, -0.2) is 60.6 Å². The van der Waals surface area contributed by atoms with Crippen LogP contribution in [0.2, 0.25) is 0 Å². The van der Waals surface area contributed by atoms with Crippen molar-refractivity contribution in [2.45, 2.75) is 19.9 Å². The highest BCUT2D eigenvalue weighted by atomic mass is 16.3. The molecule has 4 aromatic rings. The predicted octanol–water partition coefficient (Wildman–Crippen LogP) is 2.39. The van der Waals surface area contributed by atoms with E-state index in [1.54, 1.807) is 29.2 Å². The summed E-state index contributed by atoms with van der Waals surface area (Å²) in [5, 5.41) is 27.3. The number of hydrogen-bond donors (Lipinski definition) is 2. The van der Waals surface area contributed by atoms with Crippen LogP contribution < -0.4 is 10.2 Å². The fourth-order valence-electron chi connectivity index (χ4n) is 3.82. The summed E-state index contributed by atoms with van der Waals surface area (Å²) in [7, 11) is 0. The van der Waals surface area contributed by atoms with E-state index in [2.05, 4.69) is 49.3 Å². The molecule has 1 atom stereocenters. The van der Waals surface area contributed by atoms with Gasteiger partial charge in [0.05, 0.1) is 11.9 Å².